The maximum Gasteiger partial charge on any atom is 0.255 e. The van der Waals surface area contributed by atoms with Gasteiger partial charge < -0.3 is 4.90 Å². The van der Waals surface area contributed by atoms with Gasteiger partial charge in [0, 0.05) is 18.0 Å². The van der Waals surface area contributed by atoms with E-state index in [0.29, 0.717) is 10.9 Å². The lowest BCUT2D eigenvalue weighted by atomic mass is 9.98. The van der Waals surface area contributed by atoms with E-state index in [9.17, 15) is 0 Å². The summed E-state index contributed by atoms with van der Waals surface area (Å²) < 4.78 is 1.82. The molecule has 1 aliphatic heterocycles. The number of hydrogen-bond donors (Lipinski definition) is 0. The number of piperidine rings is 1. The quantitative estimate of drug-likeness (QED) is 0.503. The van der Waals surface area contributed by atoms with E-state index in [1.54, 1.807) is 11.8 Å². The molecule has 0 aliphatic carbocycles. The first kappa shape index (κ1) is 16.7. The van der Waals surface area contributed by atoms with Crippen LogP contribution in [-0.4, -0.2) is 38.9 Å². The van der Waals surface area contributed by atoms with Gasteiger partial charge >= 0.3 is 0 Å². The van der Waals surface area contributed by atoms with Crippen LogP contribution in [0.4, 0.5) is 5.82 Å². The van der Waals surface area contributed by atoms with Gasteiger partial charge in [-0.3, -0.25) is 0 Å². The first-order valence-corrected chi connectivity index (χ1v) is 10.1. The molecule has 0 atom stereocenters. The van der Waals surface area contributed by atoms with Gasteiger partial charge in [-0.2, -0.15) is 19.6 Å². The van der Waals surface area contributed by atoms with Gasteiger partial charge in [-0.1, -0.05) is 30.7 Å². The van der Waals surface area contributed by atoms with Crippen molar-refractivity contribution in [2.45, 2.75) is 24.7 Å². The fraction of sp³-hybridized carbons (Fsp3) is 0.389. The molecule has 3 aromatic rings. The number of halogens is 1. The van der Waals surface area contributed by atoms with E-state index in [4.69, 9.17) is 11.6 Å². The second-order valence-corrected chi connectivity index (χ2v) is 7.71. The summed E-state index contributed by atoms with van der Waals surface area (Å²) in [7, 11) is 0. The Kier molecular flexibility index (Phi) is 4.56. The van der Waals surface area contributed by atoms with Crippen LogP contribution >= 0.6 is 23.4 Å². The van der Waals surface area contributed by atoms with Crippen LogP contribution in [0, 0.1) is 5.92 Å². The second-order valence-electron chi connectivity index (χ2n) is 6.47. The van der Waals surface area contributed by atoms with E-state index in [1.165, 1.54) is 24.1 Å². The van der Waals surface area contributed by atoms with Crippen molar-refractivity contribution >= 4 is 35.0 Å². The Bertz CT molecular complexity index is 884. The van der Waals surface area contributed by atoms with E-state index in [-0.39, 0.29) is 0 Å². The van der Waals surface area contributed by atoms with Crippen molar-refractivity contribution in [3.63, 3.8) is 0 Å². The van der Waals surface area contributed by atoms with E-state index in [0.717, 1.165) is 36.0 Å². The zero-order valence-electron chi connectivity index (χ0n) is 14.3. The lowest BCUT2D eigenvalue weighted by molar-refractivity contribution is 0.435. The van der Waals surface area contributed by atoms with Gasteiger partial charge in [-0.25, -0.2) is 0 Å². The topological polar surface area (TPSA) is 46.3 Å². The van der Waals surface area contributed by atoms with Gasteiger partial charge in [-0.15, -0.1) is 11.8 Å². The number of nitrogens with zero attached hydrogens (tertiary/aromatic N) is 5. The Morgan fingerprint density at radius 2 is 1.88 bits per heavy atom. The van der Waals surface area contributed by atoms with Crippen LogP contribution in [0.25, 0.3) is 16.9 Å². The molecule has 1 aromatic carbocycles. The number of thioether (sulfide) groups is 1. The smallest absolute Gasteiger partial charge is 0.255 e. The normalized spacial score (nSPS) is 15.9. The Morgan fingerprint density at radius 3 is 2.56 bits per heavy atom. The van der Waals surface area contributed by atoms with Gasteiger partial charge in [0.05, 0.1) is 5.56 Å². The minimum Gasteiger partial charge on any atom is -0.356 e. The third kappa shape index (κ3) is 3.09. The highest BCUT2D eigenvalue weighted by Crippen LogP contribution is 2.38. The zero-order valence-corrected chi connectivity index (χ0v) is 15.9. The summed E-state index contributed by atoms with van der Waals surface area (Å²) in [5.74, 6) is 2.29. The van der Waals surface area contributed by atoms with Gasteiger partial charge in [0.15, 0.2) is 0 Å². The molecule has 1 fully saturated rings. The fourth-order valence-corrected chi connectivity index (χ4v) is 4.00. The molecule has 1 aliphatic rings. The fourth-order valence-electron chi connectivity index (χ4n) is 3.32. The Hall–Kier alpha value is -1.79. The minimum absolute atomic E-state index is 0.478. The van der Waals surface area contributed by atoms with Crippen molar-refractivity contribution in [3.05, 3.63) is 35.7 Å². The van der Waals surface area contributed by atoms with Crippen molar-refractivity contribution < 1.29 is 0 Å². The minimum atomic E-state index is 0.478. The van der Waals surface area contributed by atoms with Crippen molar-refractivity contribution in [1.29, 1.82) is 0 Å². The molecule has 1 saturated heterocycles. The van der Waals surface area contributed by atoms with Gasteiger partial charge in [0.2, 0.25) is 0 Å². The van der Waals surface area contributed by atoms with Crippen LogP contribution in [-0.2, 0) is 0 Å². The average Bonchev–Trinajstić information content (AvgIpc) is 3.09. The number of fused-ring (bicyclic) bond motifs is 1. The SMILES string of the molecule is CSc1ccc(-c2c(Cl)nc3ncnn3c2N2CCC(C)CC2)cc1. The molecule has 5 nitrogen and oxygen atoms in total. The first-order chi connectivity index (χ1) is 12.2. The van der Waals surface area contributed by atoms with E-state index in [2.05, 4.69) is 57.4 Å². The molecule has 0 N–H and O–H groups in total. The van der Waals surface area contributed by atoms with Crippen LogP contribution in [0.3, 0.4) is 0 Å². The van der Waals surface area contributed by atoms with Gasteiger partial charge in [0.1, 0.15) is 17.3 Å². The molecular weight excluding hydrogens is 354 g/mol. The summed E-state index contributed by atoms with van der Waals surface area (Å²) in [5.41, 5.74) is 1.99. The zero-order chi connectivity index (χ0) is 17.4. The summed E-state index contributed by atoms with van der Waals surface area (Å²) in [5, 5.41) is 4.89. The Morgan fingerprint density at radius 1 is 1.16 bits per heavy atom. The standard InChI is InChI=1S/C18H20ClN5S/c1-12-7-9-23(10-8-12)17-15(13-3-5-14(25-2)6-4-13)16(19)22-18-20-11-21-24(17)18/h3-6,11-12H,7-10H2,1-2H3. The number of rotatable bonds is 3. The van der Waals surface area contributed by atoms with Crippen molar-refractivity contribution in [1.82, 2.24) is 19.6 Å². The Labute approximate surface area is 156 Å². The molecule has 2 aromatic heterocycles. The van der Waals surface area contributed by atoms with Crippen molar-refractivity contribution in [2.75, 3.05) is 24.2 Å². The number of aromatic nitrogens is 4. The molecule has 7 heteroatoms. The maximum atomic E-state index is 6.60. The molecule has 3 heterocycles. The second kappa shape index (κ2) is 6.84. The summed E-state index contributed by atoms with van der Waals surface area (Å²) >= 11 is 8.32. The molecule has 4 rings (SSSR count). The van der Waals surface area contributed by atoms with Crippen LogP contribution in [0.1, 0.15) is 19.8 Å². The molecular formula is C18H20ClN5S. The highest BCUT2D eigenvalue weighted by molar-refractivity contribution is 7.98. The van der Waals surface area contributed by atoms with Crippen LogP contribution in [0.2, 0.25) is 5.15 Å². The van der Waals surface area contributed by atoms with Crippen molar-refractivity contribution in [2.24, 2.45) is 5.92 Å². The molecule has 0 radical (unpaired) electrons. The lowest BCUT2D eigenvalue weighted by Crippen LogP contribution is -2.34. The highest BCUT2D eigenvalue weighted by atomic mass is 35.5. The lowest BCUT2D eigenvalue weighted by Gasteiger charge is -2.33. The molecule has 130 valence electrons. The Balaban J connectivity index is 1.89. The van der Waals surface area contributed by atoms with Crippen LogP contribution in [0.15, 0.2) is 35.5 Å². The van der Waals surface area contributed by atoms with Crippen LogP contribution in [0.5, 0.6) is 0 Å². The summed E-state index contributed by atoms with van der Waals surface area (Å²) in [6.07, 6.45) is 5.95. The van der Waals surface area contributed by atoms with E-state index >= 15 is 0 Å². The number of hydrogen-bond acceptors (Lipinski definition) is 5. The third-order valence-electron chi connectivity index (χ3n) is 4.82. The highest BCUT2D eigenvalue weighted by Gasteiger charge is 2.25. The summed E-state index contributed by atoms with van der Waals surface area (Å²) in [6.45, 7) is 4.29. The largest absolute Gasteiger partial charge is 0.356 e. The third-order valence-corrected chi connectivity index (χ3v) is 5.84. The van der Waals surface area contributed by atoms with Crippen molar-refractivity contribution in [3.8, 4) is 11.1 Å². The summed E-state index contributed by atoms with van der Waals surface area (Å²) in [4.78, 5) is 12.3. The first-order valence-electron chi connectivity index (χ1n) is 8.46. The number of anilines is 1. The van der Waals surface area contributed by atoms with E-state index < -0.39 is 0 Å². The summed E-state index contributed by atoms with van der Waals surface area (Å²) in [6, 6.07) is 8.44. The van der Waals surface area contributed by atoms with Gasteiger partial charge in [-0.05, 0) is 42.7 Å². The predicted molar refractivity (Wildman–Crippen MR) is 104 cm³/mol. The predicted octanol–water partition coefficient (Wildman–Crippen LogP) is 4.40. The monoisotopic (exact) mass is 373 g/mol. The molecule has 0 saturated carbocycles. The van der Waals surface area contributed by atoms with Gasteiger partial charge in [0.25, 0.3) is 5.78 Å². The van der Waals surface area contributed by atoms with E-state index in [1.807, 2.05) is 4.52 Å². The molecule has 0 bridgehead atoms. The molecule has 0 spiro atoms. The van der Waals surface area contributed by atoms with Crippen LogP contribution < -0.4 is 4.90 Å². The molecule has 0 unspecified atom stereocenters. The maximum absolute atomic E-state index is 6.60. The number of benzene rings is 1. The average molecular weight is 374 g/mol. The molecule has 0 amide bonds. The molecule has 25 heavy (non-hydrogen) atoms.